The summed E-state index contributed by atoms with van der Waals surface area (Å²) in [5.41, 5.74) is 2.32. The van der Waals surface area contributed by atoms with Gasteiger partial charge in [0.15, 0.2) is 11.5 Å². The van der Waals surface area contributed by atoms with Crippen LogP contribution < -0.4 is 24.8 Å². The van der Waals surface area contributed by atoms with E-state index in [1.165, 1.54) is 48.8 Å². The number of methoxy groups -OCH3 is 1. The number of nitrogens with zero attached hydrogens (tertiary/aromatic N) is 1. The molecule has 8 bridgehead atoms. The van der Waals surface area contributed by atoms with E-state index < -0.39 is 33.7 Å². The van der Waals surface area contributed by atoms with Gasteiger partial charge < -0.3 is 30.0 Å². The summed E-state index contributed by atoms with van der Waals surface area (Å²) in [6.45, 7) is 0.306. The second-order valence-electron chi connectivity index (χ2n) is 11.0. The van der Waals surface area contributed by atoms with Gasteiger partial charge in [0.25, 0.3) is 18.3 Å². The number of sulfonamides is 1. The molecule has 4 aromatic rings. The van der Waals surface area contributed by atoms with Crippen LogP contribution in [0.15, 0.2) is 83.8 Å². The molecule has 3 N–H and O–H groups in total. The molecule has 0 aliphatic carbocycles. The van der Waals surface area contributed by atoms with E-state index in [4.69, 9.17) is 24.1 Å². The Morgan fingerprint density at radius 2 is 1.84 bits per heavy atom. The van der Waals surface area contributed by atoms with E-state index in [9.17, 15) is 22.4 Å². The molecule has 1 unspecified atom stereocenters. The molecule has 7 rings (SSSR count). The highest BCUT2D eigenvalue weighted by Crippen LogP contribution is 2.43. The average Bonchev–Trinajstić information content (AvgIpc) is 3.11. The molecule has 3 heterocycles. The molecule has 0 fully saturated rings. The molecule has 2 amide bonds. The second kappa shape index (κ2) is 15.2. The molecule has 0 radical (unpaired) electrons. The van der Waals surface area contributed by atoms with Gasteiger partial charge in [-0.05, 0) is 90.2 Å². The number of amides is 2. The van der Waals surface area contributed by atoms with Crippen LogP contribution in [0.2, 0.25) is 0 Å². The minimum absolute atomic E-state index is 0.00407. The molecule has 256 valence electrons. The third-order valence-electron chi connectivity index (χ3n) is 8.01. The third kappa shape index (κ3) is 7.50. The maximum atomic E-state index is 14.6. The fraction of sp³-hybridized carbons (Fsp3) is 0.229. The van der Waals surface area contributed by atoms with Crippen LogP contribution in [0.25, 0.3) is 0 Å². The van der Waals surface area contributed by atoms with Crippen molar-refractivity contribution in [2.24, 2.45) is 0 Å². The summed E-state index contributed by atoms with van der Waals surface area (Å²) in [5.74, 6) is -0.0554. The van der Waals surface area contributed by atoms with E-state index in [-0.39, 0.29) is 47.9 Å². The number of carbonyl (C=O) groups excluding carboxylic acids is 2. The lowest BCUT2D eigenvalue weighted by Gasteiger charge is -2.37. The monoisotopic (exact) mass is 691 g/mol. The number of nitrogens with one attached hydrogen (secondary N) is 2. The van der Waals surface area contributed by atoms with E-state index in [0.29, 0.717) is 35.7 Å². The van der Waals surface area contributed by atoms with Crippen LogP contribution in [-0.4, -0.2) is 70.0 Å². The number of halogens is 1. The van der Waals surface area contributed by atoms with Crippen LogP contribution in [0, 0.1) is 5.82 Å². The molecular weight excluding hydrogens is 657 g/mol. The number of benzene rings is 4. The zero-order valence-corrected chi connectivity index (χ0v) is 27.5. The summed E-state index contributed by atoms with van der Waals surface area (Å²) in [4.78, 5) is 33.4. The van der Waals surface area contributed by atoms with E-state index in [0.717, 1.165) is 11.1 Å². The first-order valence-corrected chi connectivity index (χ1v) is 16.7. The fourth-order valence-corrected chi connectivity index (χ4v) is 7.37. The van der Waals surface area contributed by atoms with Crippen molar-refractivity contribution < 1.29 is 46.5 Å². The first-order chi connectivity index (χ1) is 23.6. The maximum Gasteiger partial charge on any atom is 0.290 e. The minimum atomic E-state index is -4.11. The number of carbonyl (C=O) groups is 3. The van der Waals surface area contributed by atoms with Crippen molar-refractivity contribution in [1.82, 2.24) is 14.9 Å². The highest BCUT2D eigenvalue weighted by atomic mass is 32.2. The van der Waals surface area contributed by atoms with Crippen LogP contribution in [0.4, 0.5) is 4.39 Å². The summed E-state index contributed by atoms with van der Waals surface area (Å²) in [5, 5.41) is 12.1. The Kier molecular flexibility index (Phi) is 10.8. The Morgan fingerprint density at radius 3 is 2.59 bits per heavy atom. The van der Waals surface area contributed by atoms with Gasteiger partial charge in [-0.25, -0.2) is 12.8 Å². The van der Waals surface area contributed by atoms with E-state index in [1.54, 1.807) is 36.4 Å². The molecular formula is C35H34FN3O9S. The zero-order valence-electron chi connectivity index (χ0n) is 26.6. The number of ether oxygens (including phenoxy) is 3. The maximum absolute atomic E-state index is 14.6. The largest absolute Gasteiger partial charge is 0.493 e. The molecule has 0 saturated heterocycles. The van der Waals surface area contributed by atoms with Gasteiger partial charge in [-0.15, -0.1) is 0 Å². The summed E-state index contributed by atoms with van der Waals surface area (Å²) in [6, 6.07) is 19.8. The van der Waals surface area contributed by atoms with Crippen LogP contribution in [0.1, 0.15) is 49.9 Å². The lowest BCUT2D eigenvalue weighted by molar-refractivity contribution is -0.122. The fourth-order valence-electron chi connectivity index (χ4n) is 5.73. The van der Waals surface area contributed by atoms with Crippen molar-refractivity contribution in [3.63, 3.8) is 0 Å². The van der Waals surface area contributed by atoms with E-state index in [1.807, 2.05) is 12.1 Å². The highest BCUT2D eigenvalue weighted by molar-refractivity contribution is 7.89. The predicted octanol–water partition coefficient (Wildman–Crippen LogP) is 4.54. The van der Waals surface area contributed by atoms with Gasteiger partial charge in [-0.1, -0.05) is 18.2 Å². The molecule has 12 nitrogen and oxygen atoms in total. The van der Waals surface area contributed by atoms with E-state index in [2.05, 4.69) is 10.6 Å². The first-order valence-electron chi connectivity index (χ1n) is 15.2. The van der Waals surface area contributed by atoms with Crippen molar-refractivity contribution in [3.05, 3.63) is 112 Å². The van der Waals surface area contributed by atoms with Crippen molar-refractivity contribution in [1.29, 1.82) is 0 Å². The zero-order chi connectivity index (χ0) is 35.1. The SMILES string of the molecule is CNC(=O)c1cccc(S(=O)(=O)N2CCc3cc4ccc3C2c2ccc(OC)c(c2)OCCCNC(=O)c2cc(ccc2F)O4)c1.O=CO. The van der Waals surface area contributed by atoms with Crippen molar-refractivity contribution in [3.8, 4) is 23.0 Å². The van der Waals surface area contributed by atoms with Gasteiger partial charge in [0.2, 0.25) is 10.0 Å². The number of hydrogen-bond acceptors (Lipinski definition) is 8. The Labute approximate surface area is 282 Å². The topological polar surface area (TPSA) is 161 Å². The summed E-state index contributed by atoms with van der Waals surface area (Å²) >= 11 is 0. The van der Waals surface area contributed by atoms with Crippen molar-refractivity contribution >= 4 is 28.3 Å². The van der Waals surface area contributed by atoms with Crippen molar-refractivity contribution in [2.75, 3.05) is 33.9 Å². The molecule has 3 aliphatic heterocycles. The predicted molar refractivity (Wildman–Crippen MR) is 176 cm³/mol. The molecule has 14 heteroatoms. The first kappa shape index (κ1) is 34.9. The number of fused-ring (bicyclic) bond motifs is 6. The van der Waals surface area contributed by atoms with Gasteiger partial charge >= 0.3 is 0 Å². The summed E-state index contributed by atoms with van der Waals surface area (Å²) in [7, 11) is -1.11. The lowest BCUT2D eigenvalue weighted by atomic mass is 9.89. The van der Waals surface area contributed by atoms with Gasteiger partial charge in [-0.2, -0.15) is 4.31 Å². The molecule has 0 spiro atoms. The van der Waals surface area contributed by atoms with Crippen LogP contribution in [-0.2, 0) is 21.2 Å². The third-order valence-corrected chi connectivity index (χ3v) is 9.87. The summed E-state index contributed by atoms with van der Waals surface area (Å²) < 4.78 is 62.3. The van der Waals surface area contributed by atoms with Gasteiger partial charge in [-0.3, -0.25) is 14.4 Å². The minimum Gasteiger partial charge on any atom is -0.493 e. The quantitative estimate of drug-likeness (QED) is 0.261. The molecule has 3 aliphatic rings. The van der Waals surface area contributed by atoms with Crippen LogP contribution in [0.5, 0.6) is 23.0 Å². The average molecular weight is 692 g/mol. The van der Waals surface area contributed by atoms with Crippen molar-refractivity contribution in [2.45, 2.75) is 23.8 Å². The Bertz CT molecular complexity index is 1990. The molecule has 1 atom stereocenters. The highest BCUT2D eigenvalue weighted by Gasteiger charge is 2.38. The lowest BCUT2D eigenvalue weighted by Crippen LogP contribution is -2.40. The van der Waals surface area contributed by atoms with Crippen LogP contribution in [0.3, 0.4) is 0 Å². The molecule has 4 aromatic carbocycles. The van der Waals surface area contributed by atoms with E-state index >= 15 is 0 Å². The van der Waals surface area contributed by atoms with Crippen LogP contribution >= 0.6 is 0 Å². The van der Waals surface area contributed by atoms with Gasteiger partial charge in [0.05, 0.1) is 30.2 Å². The standard InChI is InChI=1S/C34H32FN3O7S.CH2O2/c1-36-33(39)23-5-3-6-26(18-23)46(41,42)38-15-13-21-17-24-8-10-27(21)32(38)22-7-12-30(43-2)31(19-22)44-16-4-14-37-34(40)28-20-25(45-24)9-11-29(28)35;2-1-3/h3,5-12,17-20,32H,4,13-16H2,1-2H3,(H,36,39)(H,37,40);1H,(H,2,3). The number of rotatable bonds is 4. The van der Waals surface area contributed by atoms with Gasteiger partial charge in [0, 0.05) is 25.7 Å². The summed E-state index contributed by atoms with van der Waals surface area (Å²) in [6.07, 6.45) is 0.779. The smallest absolute Gasteiger partial charge is 0.290 e. The number of hydrogen-bond donors (Lipinski definition) is 3. The molecule has 0 aromatic heterocycles. The Morgan fingerprint density at radius 1 is 1.08 bits per heavy atom. The molecule has 0 saturated carbocycles. The second-order valence-corrected chi connectivity index (χ2v) is 12.8. The van der Waals surface area contributed by atoms with Gasteiger partial charge in [0.1, 0.15) is 17.3 Å². The number of carboxylic acid groups (broad SMARTS) is 1. The normalized spacial score (nSPS) is 15.9. The Balaban J connectivity index is 0.00000151. The Hall–Kier alpha value is -5.47. The molecule has 49 heavy (non-hydrogen) atoms.